The van der Waals surface area contributed by atoms with Crippen molar-refractivity contribution in [3.63, 3.8) is 0 Å². The zero-order valence-corrected chi connectivity index (χ0v) is 14.3. The number of aliphatic carboxylic acids is 1. The average Bonchev–Trinajstić information content (AvgIpc) is 2.96. The zero-order valence-electron chi connectivity index (χ0n) is 12.5. The maximum Gasteiger partial charge on any atom is 0.330 e. The van der Waals surface area contributed by atoms with Gasteiger partial charge in [0.2, 0.25) is 0 Å². The number of carboxylic acid groups (broad SMARTS) is 1. The molecule has 10 nitrogen and oxygen atoms in total. The molecule has 1 unspecified atom stereocenters. The van der Waals surface area contributed by atoms with Crippen molar-refractivity contribution in [1.29, 1.82) is 0 Å². The number of ether oxygens (including phenoxy) is 1. The van der Waals surface area contributed by atoms with Crippen LogP contribution in [0.4, 0.5) is 0 Å². The molecule has 12 heteroatoms. The van der Waals surface area contributed by atoms with Crippen molar-refractivity contribution < 1.29 is 24.1 Å². The third-order valence-electron chi connectivity index (χ3n) is 3.07. The fraction of sp³-hybridized carbons (Fsp3) is 0.417. The van der Waals surface area contributed by atoms with Crippen LogP contribution in [0, 0.1) is 6.92 Å². The normalized spacial score (nSPS) is 22.4. The molecule has 0 spiro atoms. The summed E-state index contributed by atoms with van der Waals surface area (Å²) in [7, 11) is 0. The van der Waals surface area contributed by atoms with Crippen molar-refractivity contribution in [3.8, 4) is 0 Å². The van der Waals surface area contributed by atoms with Crippen LogP contribution in [-0.4, -0.2) is 44.8 Å². The zero-order chi connectivity index (χ0) is 17.9. The summed E-state index contributed by atoms with van der Waals surface area (Å²) < 4.78 is 11.9. The van der Waals surface area contributed by atoms with Gasteiger partial charge in [-0.3, -0.25) is 19.1 Å². The number of rotatable bonds is 7. The average molecular weight is 377 g/mol. The Kier molecular flexibility index (Phi) is 5.86. The molecule has 0 saturated carbocycles. The molecule has 132 valence electrons. The molecule has 0 aromatic carbocycles. The largest absolute Gasteiger partial charge is 0.480 e. The second-order valence-corrected chi connectivity index (χ2v) is 8.07. The van der Waals surface area contributed by atoms with E-state index in [9.17, 15) is 19.3 Å². The number of aromatic nitrogens is 2. The van der Waals surface area contributed by atoms with Crippen molar-refractivity contribution in [3.05, 3.63) is 44.8 Å². The first-order chi connectivity index (χ1) is 11.2. The first-order valence-corrected chi connectivity index (χ1v) is 9.45. The molecule has 0 fully saturated rings. The molecule has 0 saturated heterocycles. The molecule has 0 bridgehead atoms. The Labute approximate surface area is 141 Å². The number of nitrogens with zero attached hydrogens (tertiary/aromatic N) is 1. The van der Waals surface area contributed by atoms with Gasteiger partial charge in [0.15, 0.2) is 6.23 Å². The molecule has 0 radical (unpaired) electrons. The van der Waals surface area contributed by atoms with Crippen LogP contribution in [0.2, 0.25) is 0 Å². The van der Waals surface area contributed by atoms with Crippen LogP contribution < -0.4 is 16.3 Å². The Balaban J connectivity index is 1.95. The molecular weight excluding hydrogens is 361 g/mol. The SMILES string of the molecule is Cc1cn([C@H]2C=C[C@@H](COP(O)(=S)NCC(=O)O)O2)c(=O)[nH]c1=O. The van der Waals surface area contributed by atoms with E-state index < -0.39 is 42.7 Å². The first-order valence-electron chi connectivity index (χ1n) is 6.78. The lowest BCUT2D eigenvalue weighted by Crippen LogP contribution is -2.33. The minimum Gasteiger partial charge on any atom is -0.480 e. The molecule has 1 aromatic heterocycles. The number of aromatic amines is 1. The Hall–Kier alpha value is -1.62. The second kappa shape index (κ2) is 7.51. The summed E-state index contributed by atoms with van der Waals surface area (Å²) in [5.74, 6) is -1.17. The number of H-pyrrole nitrogens is 1. The van der Waals surface area contributed by atoms with Gasteiger partial charge in [0, 0.05) is 11.8 Å². The van der Waals surface area contributed by atoms with E-state index in [-0.39, 0.29) is 6.61 Å². The standard InChI is InChI=1S/C12H16N3O7PS/c1-7-5-15(12(19)14-11(7)18)9-3-2-8(22-9)6-21-23(20,24)13-4-10(16)17/h2-3,5,8-9H,4,6H2,1H3,(H,16,17)(H2,13,20,24)(H,14,18,19)/t8-,9+,23?/m0/s1. The second-order valence-electron chi connectivity index (χ2n) is 4.97. The highest BCUT2D eigenvalue weighted by Crippen LogP contribution is 2.37. The maximum absolute atomic E-state index is 11.8. The van der Waals surface area contributed by atoms with Gasteiger partial charge in [-0.15, -0.1) is 0 Å². The topological polar surface area (TPSA) is 143 Å². The van der Waals surface area contributed by atoms with E-state index in [2.05, 4.69) is 10.1 Å². The van der Waals surface area contributed by atoms with E-state index >= 15 is 0 Å². The summed E-state index contributed by atoms with van der Waals surface area (Å²) in [6.07, 6.45) is 3.27. The van der Waals surface area contributed by atoms with Crippen LogP contribution >= 0.6 is 6.64 Å². The van der Waals surface area contributed by atoms with Crippen LogP contribution in [0.5, 0.6) is 0 Å². The van der Waals surface area contributed by atoms with E-state index in [1.54, 1.807) is 19.1 Å². The molecule has 3 atom stereocenters. The van der Waals surface area contributed by atoms with E-state index in [0.717, 1.165) is 0 Å². The number of hydrogen-bond donors (Lipinski definition) is 4. The quantitative estimate of drug-likeness (QED) is 0.355. The highest BCUT2D eigenvalue weighted by molar-refractivity contribution is 8.08. The summed E-state index contributed by atoms with van der Waals surface area (Å²) >= 11 is 4.77. The van der Waals surface area contributed by atoms with E-state index in [1.165, 1.54) is 10.8 Å². The van der Waals surface area contributed by atoms with Crippen molar-refractivity contribution in [1.82, 2.24) is 14.6 Å². The molecular formula is C12H16N3O7PS. The minimum atomic E-state index is -3.44. The number of aryl methyl sites for hydroxylation is 1. The van der Waals surface area contributed by atoms with Gasteiger partial charge in [0.25, 0.3) is 12.2 Å². The predicted molar refractivity (Wildman–Crippen MR) is 87.2 cm³/mol. The van der Waals surface area contributed by atoms with Crippen LogP contribution in [0.1, 0.15) is 11.8 Å². The highest BCUT2D eigenvalue weighted by Gasteiger charge is 2.24. The van der Waals surface area contributed by atoms with Crippen molar-refractivity contribution in [2.75, 3.05) is 13.2 Å². The van der Waals surface area contributed by atoms with E-state index in [4.69, 9.17) is 26.2 Å². The third kappa shape index (κ3) is 4.94. The predicted octanol–water partition coefficient (Wildman–Crippen LogP) is -0.794. The van der Waals surface area contributed by atoms with E-state index in [1.807, 2.05) is 0 Å². The lowest BCUT2D eigenvalue weighted by atomic mass is 10.3. The molecule has 24 heavy (non-hydrogen) atoms. The minimum absolute atomic E-state index is 0.121. The van der Waals surface area contributed by atoms with Crippen LogP contribution in [0.3, 0.4) is 0 Å². The van der Waals surface area contributed by atoms with Gasteiger partial charge >= 0.3 is 11.7 Å². The smallest absolute Gasteiger partial charge is 0.330 e. The fourth-order valence-electron chi connectivity index (χ4n) is 1.90. The molecule has 1 aliphatic rings. The van der Waals surface area contributed by atoms with Crippen molar-refractivity contribution in [2.24, 2.45) is 0 Å². The van der Waals surface area contributed by atoms with Gasteiger partial charge in [-0.25, -0.2) is 9.88 Å². The van der Waals surface area contributed by atoms with E-state index in [0.29, 0.717) is 5.56 Å². The van der Waals surface area contributed by atoms with Gasteiger partial charge in [-0.2, -0.15) is 0 Å². The van der Waals surface area contributed by atoms with Gasteiger partial charge in [0.1, 0.15) is 12.6 Å². The Bertz CT molecular complexity index is 818. The Morgan fingerprint density at radius 1 is 1.54 bits per heavy atom. The molecule has 1 aliphatic heterocycles. The third-order valence-corrected chi connectivity index (χ3v) is 4.83. The van der Waals surface area contributed by atoms with Gasteiger partial charge in [0.05, 0.1) is 6.61 Å². The summed E-state index contributed by atoms with van der Waals surface area (Å²) in [4.78, 5) is 45.5. The summed E-state index contributed by atoms with van der Waals surface area (Å²) in [5, 5.41) is 10.8. The molecule has 4 N–H and O–H groups in total. The first kappa shape index (κ1) is 18.7. The Morgan fingerprint density at radius 2 is 2.25 bits per heavy atom. The monoisotopic (exact) mass is 377 g/mol. The van der Waals surface area contributed by atoms with Gasteiger partial charge in [-0.05, 0) is 24.8 Å². The molecule has 2 heterocycles. The lowest BCUT2D eigenvalue weighted by molar-refractivity contribution is -0.135. The number of nitrogens with one attached hydrogen (secondary N) is 2. The summed E-state index contributed by atoms with van der Waals surface area (Å²) in [5.41, 5.74) is -0.726. The summed E-state index contributed by atoms with van der Waals surface area (Å²) in [6.45, 7) is -2.53. The van der Waals surface area contributed by atoms with Gasteiger partial charge < -0.3 is 19.3 Å². The molecule has 0 amide bonds. The number of hydrogen-bond acceptors (Lipinski definition) is 6. The lowest BCUT2D eigenvalue weighted by Gasteiger charge is -2.20. The highest BCUT2D eigenvalue weighted by atomic mass is 32.5. The van der Waals surface area contributed by atoms with Crippen molar-refractivity contribution in [2.45, 2.75) is 19.3 Å². The van der Waals surface area contributed by atoms with Crippen LogP contribution in [0.25, 0.3) is 0 Å². The molecule has 2 rings (SSSR count). The van der Waals surface area contributed by atoms with Crippen LogP contribution in [-0.2, 0) is 25.9 Å². The maximum atomic E-state index is 11.8. The van der Waals surface area contributed by atoms with Gasteiger partial charge in [-0.1, -0.05) is 6.08 Å². The molecule has 1 aromatic rings. The molecule has 0 aliphatic carbocycles. The fourth-order valence-corrected chi connectivity index (χ4v) is 3.06. The summed E-state index contributed by atoms with van der Waals surface area (Å²) in [6, 6.07) is 0. The number of carboxylic acids is 1. The van der Waals surface area contributed by atoms with Crippen LogP contribution in [0.15, 0.2) is 27.9 Å². The number of carbonyl (C=O) groups is 1. The van der Waals surface area contributed by atoms with Crippen molar-refractivity contribution >= 4 is 24.4 Å². The Morgan fingerprint density at radius 3 is 2.92 bits per heavy atom.